The van der Waals surface area contributed by atoms with Gasteiger partial charge in [0.2, 0.25) is 0 Å². The Kier molecular flexibility index (Phi) is 8.07. The van der Waals surface area contributed by atoms with E-state index in [-0.39, 0.29) is 18.3 Å². The van der Waals surface area contributed by atoms with E-state index in [2.05, 4.69) is 20.1 Å². The standard InChI is InChI=1S/C21H29N5O3.ClH/c1-2-28-13-14-29-18-6-4-3-5-17(18)21(27)25-10-7-16(8-11-25)20-24-23-19-15-22-9-12-26(19)20;/h3-6,16,22H,2,7-15H2,1H3;1H. The first kappa shape index (κ1) is 22.5. The van der Waals surface area contributed by atoms with Crippen LogP contribution in [0.5, 0.6) is 5.75 Å². The van der Waals surface area contributed by atoms with Crippen LogP contribution in [-0.4, -0.2) is 65.0 Å². The van der Waals surface area contributed by atoms with Crippen LogP contribution >= 0.6 is 12.4 Å². The minimum absolute atomic E-state index is 0. The Labute approximate surface area is 183 Å². The second kappa shape index (κ2) is 10.7. The third-order valence-electron chi connectivity index (χ3n) is 5.61. The van der Waals surface area contributed by atoms with Gasteiger partial charge in [-0.05, 0) is 31.9 Å². The number of benzene rings is 1. The smallest absolute Gasteiger partial charge is 0.257 e. The van der Waals surface area contributed by atoms with Gasteiger partial charge in [0, 0.05) is 38.7 Å². The first-order valence-corrected chi connectivity index (χ1v) is 10.5. The Hall–Kier alpha value is -2.16. The van der Waals surface area contributed by atoms with Gasteiger partial charge in [0.05, 0.1) is 18.7 Å². The van der Waals surface area contributed by atoms with Crippen LogP contribution in [0, 0.1) is 0 Å². The molecular formula is C21H30ClN5O3. The summed E-state index contributed by atoms with van der Waals surface area (Å²) in [6.45, 7) is 7.66. The number of nitrogens with zero attached hydrogens (tertiary/aromatic N) is 4. The monoisotopic (exact) mass is 435 g/mol. The fraction of sp³-hybridized carbons (Fsp3) is 0.571. The van der Waals surface area contributed by atoms with Gasteiger partial charge in [-0.3, -0.25) is 4.79 Å². The van der Waals surface area contributed by atoms with Gasteiger partial charge < -0.3 is 24.3 Å². The van der Waals surface area contributed by atoms with Gasteiger partial charge in [-0.1, -0.05) is 12.1 Å². The zero-order valence-corrected chi connectivity index (χ0v) is 18.2. The molecule has 3 heterocycles. The molecule has 8 nitrogen and oxygen atoms in total. The molecule has 2 aromatic rings. The van der Waals surface area contributed by atoms with Crippen molar-refractivity contribution in [1.82, 2.24) is 25.0 Å². The molecule has 4 rings (SSSR count). The molecule has 2 aliphatic heterocycles. The molecule has 0 bridgehead atoms. The van der Waals surface area contributed by atoms with Crippen LogP contribution in [0.4, 0.5) is 0 Å². The van der Waals surface area contributed by atoms with E-state index in [9.17, 15) is 4.79 Å². The molecular weight excluding hydrogens is 406 g/mol. The lowest BCUT2D eigenvalue weighted by Crippen LogP contribution is -2.39. The molecule has 9 heteroatoms. The van der Waals surface area contributed by atoms with E-state index < -0.39 is 0 Å². The molecule has 0 spiro atoms. The number of likely N-dealkylation sites (tertiary alicyclic amines) is 1. The van der Waals surface area contributed by atoms with Crippen molar-refractivity contribution in [3.8, 4) is 5.75 Å². The maximum atomic E-state index is 13.1. The summed E-state index contributed by atoms with van der Waals surface area (Å²) < 4.78 is 13.4. The number of carbonyl (C=O) groups is 1. The summed E-state index contributed by atoms with van der Waals surface area (Å²) in [5, 5.41) is 12.1. The number of carbonyl (C=O) groups excluding carboxylic acids is 1. The minimum atomic E-state index is 0. The minimum Gasteiger partial charge on any atom is -0.490 e. The molecule has 0 saturated carbocycles. The van der Waals surface area contributed by atoms with E-state index in [0.29, 0.717) is 37.1 Å². The second-order valence-corrected chi connectivity index (χ2v) is 7.41. The molecule has 30 heavy (non-hydrogen) atoms. The SMILES string of the molecule is CCOCCOc1ccccc1C(=O)N1CCC(c2nnc3n2CCNC3)CC1.Cl. The largest absolute Gasteiger partial charge is 0.490 e. The Morgan fingerprint density at radius 2 is 1.97 bits per heavy atom. The van der Waals surface area contributed by atoms with E-state index in [1.54, 1.807) is 0 Å². The molecule has 1 amide bonds. The van der Waals surface area contributed by atoms with Gasteiger partial charge in [0.15, 0.2) is 0 Å². The molecule has 0 radical (unpaired) electrons. The van der Waals surface area contributed by atoms with Crippen LogP contribution < -0.4 is 10.1 Å². The van der Waals surface area contributed by atoms with Gasteiger partial charge in [-0.2, -0.15) is 0 Å². The highest BCUT2D eigenvalue weighted by Gasteiger charge is 2.30. The van der Waals surface area contributed by atoms with Crippen LogP contribution in [-0.2, 0) is 17.8 Å². The fourth-order valence-electron chi connectivity index (χ4n) is 4.05. The van der Waals surface area contributed by atoms with Crippen LogP contribution in [0.1, 0.15) is 47.7 Å². The number of rotatable bonds is 7. The van der Waals surface area contributed by atoms with Gasteiger partial charge in [0.1, 0.15) is 24.0 Å². The highest BCUT2D eigenvalue weighted by Crippen LogP contribution is 2.29. The molecule has 0 unspecified atom stereocenters. The van der Waals surface area contributed by atoms with Crippen molar-refractivity contribution in [3.63, 3.8) is 0 Å². The second-order valence-electron chi connectivity index (χ2n) is 7.41. The van der Waals surface area contributed by atoms with E-state index >= 15 is 0 Å². The average Bonchev–Trinajstić information content (AvgIpc) is 3.21. The van der Waals surface area contributed by atoms with Crippen LogP contribution in [0.25, 0.3) is 0 Å². The normalized spacial score (nSPS) is 16.6. The van der Waals surface area contributed by atoms with Crippen molar-refractivity contribution >= 4 is 18.3 Å². The van der Waals surface area contributed by atoms with E-state index in [1.165, 1.54) is 0 Å². The Bertz CT molecular complexity index is 836. The van der Waals surface area contributed by atoms with Crippen LogP contribution in [0.2, 0.25) is 0 Å². The number of fused-ring (bicyclic) bond motifs is 1. The lowest BCUT2D eigenvalue weighted by Gasteiger charge is -2.32. The van der Waals surface area contributed by atoms with Crippen molar-refractivity contribution in [2.75, 3.05) is 39.5 Å². The predicted molar refractivity (Wildman–Crippen MR) is 115 cm³/mol. The fourth-order valence-corrected chi connectivity index (χ4v) is 4.05. The zero-order chi connectivity index (χ0) is 20.1. The van der Waals surface area contributed by atoms with Gasteiger partial charge in [0.25, 0.3) is 5.91 Å². The Morgan fingerprint density at radius 1 is 1.17 bits per heavy atom. The van der Waals surface area contributed by atoms with Crippen molar-refractivity contribution in [1.29, 1.82) is 0 Å². The Morgan fingerprint density at radius 3 is 2.77 bits per heavy atom. The first-order valence-electron chi connectivity index (χ1n) is 10.5. The summed E-state index contributed by atoms with van der Waals surface area (Å²) in [5.74, 6) is 3.11. The number of nitrogens with one attached hydrogen (secondary N) is 1. The number of piperidine rings is 1. The third kappa shape index (κ3) is 4.94. The highest BCUT2D eigenvalue weighted by atomic mass is 35.5. The first-order chi connectivity index (χ1) is 14.3. The van der Waals surface area contributed by atoms with Crippen molar-refractivity contribution in [2.24, 2.45) is 0 Å². The number of hydrogen-bond acceptors (Lipinski definition) is 6. The van der Waals surface area contributed by atoms with E-state index in [4.69, 9.17) is 9.47 Å². The number of para-hydroxylation sites is 1. The van der Waals surface area contributed by atoms with Gasteiger partial charge >= 0.3 is 0 Å². The zero-order valence-electron chi connectivity index (χ0n) is 17.4. The average molecular weight is 436 g/mol. The maximum Gasteiger partial charge on any atom is 0.257 e. The van der Waals surface area contributed by atoms with E-state index in [0.717, 1.165) is 57.2 Å². The summed E-state index contributed by atoms with van der Waals surface area (Å²) in [4.78, 5) is 15.0. The lowest BCUT2D eigenvalue weighted by atomic mass is 9.95. The molecule has 0 atom stereocenters. The summed E-state index contributed by atoms with van der Waals surface area (Å²) in [6.07, 6.45) is 1.81. The molecule has 164 valence electrons. The molecule has 1 saturated heterocycles. The number of hydrogen-bond donors (Lipinski definition) is 1. The van der Waals surface area contributed by atoms with Crippen molar-refractivity contribution in [3.05, 3.63) is 41.5 Å². The van der Waals surface area contributed by atoms with Crippen LogP contribution in [0.15, 0.2) is 24.3 Å². The summed E-state index contributed by atoms with van der Waals surface area (Å²) in [5.41, 5.74) is 0.619. The lowest BCUT2D eigenvalue weighted by molar-refractivity contribution is 0.0700. The van der Waals surface area contributed by atoms with Crippen LogP contribution in [0.3, 0.4) is 0 Å². The summed E-state index contributed by atoms with van der Waals surface area (Å²) in [6, 6.07) is 7.46. The maximum absolute atomic E-state index is 13.1. The molecule has 1 fully saturated rings. The number of aromatic nitrogens is 3. The van der Waals surface area contributed by atoms with Crippen molar-refractivity contribution < 1.29 is 14.3 Å². The molecule has 1 aromatic carbocycles. The Balaban J connectivity index is 0.00000256. The quantitative estimate of drug-likeness (QED) is 0.672. The number of halogens is 1. The number of ether oxygens (including phenoxy) is 2. The van der Waals surface area contributed by atoms with Gasteiger partial charge in [-0.25, -0.2) is 0 Å². The summed E-state index contributed by atoms with van der Waals surface area (Å²) >= 11 is 0. The topological polar surface area (TPSA) is 81.5 Å². The molecule has 1 aromatic heterocycles. The molecule has 1 N–H and O–H groups in total. The predicted octanol–water partition coefficient (Wildman–Crippen LogP) is 2.24. The molecule has 2 aliphatic rings. The molecule has 0 aliphatic carbocycles. The highest BCUT2D eigenvalue weighted by molar-refractivity contribution is 5.97. The summed E-state index contributed by atoms with van der Waals surface area (Å²) in [7, 11) is 0. The third-order valence-corrected chi connectivity index (χ3v) is 5.61. The van der Waals surface area contributed by atoms with Crippen molar-refractivity contribution in [2.45, 2.75) is 38.8 Å². The number of amides is 1. The van der Waals surface area contributed by atoms with E-state index in [1.807, 2.05) is 36.1 Å². The van der Waals surface area contributed by atoms with Gasteiger partial charge in [-0.15, -0.1) is 22.6 Å².